The van der Waals surface area contributed by atoms with Crippen molar-refractivity contribution in [1.82, 2.24) is 5.32 Å². The van der Waals surface area contributed by atoms with Gasteiger partial charge in [0, 0.05) is 24.7 Å². The zero-order valence-electron chi connectivity index (χ0n) is 11.0. The Kier molecular flexibility index (Phi) is 4.07. The van der Waals surface area contributed by atoms with E-state index in [0.29, 0.717) is 0 Å². The number of hydrogen-bond acceptors (Lipinski definition) is 3. The highest BCUT2D eigenvalue weighted by molar-refractivity contribution is 5.96. The van der Waals surface area contributed by atoms with E-state index in [-0.39, 0.29) is 11.9 Å². The summed E-state index contributed by atoms with van der Waals surface area (Å²) in [5.74, 6) is 0.0128. The molecule has 4 nitrogen and oxygen atoms in total. The van der Waals surface area contributed by atoms with Crippen LogP contribution in [0.4, 0.5) is 11.4 Å². The molecule has 18 heavy (non-hydrogen) atoms. The molecule has 0 spiro atoms. The smallest absolute Gasteiger partial charge is 0.251 e. The van der Waals surface area contributed by atoms with E-state index < -0.39 is 0 Å². The molecule has 1 aliphatic rings. The normalized spacial score (nSPS) is 13.5. The zero-order chi connectivity index (χ0) is 13.0. The van der Waals surface area contributed by atoms with Crippen LogP contribution in [0.5, 0.6) is 0 Å². The Bertz CT molecular complexity index is 427. The van der Waals surface area contributed by atoms with Crippen molar-refractivity contribution < 1.29 is 4.79 Å². The quantitative estimate of drug-likeness (QED) is 0.766. The van der Waals surface area contributed by atoms with Gasteiger partial charge in [-0.15, -0.1) is 0 Å². The molecule has 98 valence electrons. The van der Waals surface area contributed by atoms with E-state index in [1.807, 2.05) is 18.2 Å². The van der Waals surface area contributed by atoms with E-state index in [1.54, 1.807) is 0 Å². The number of hydrogen-bond donors (Lipinski definition) is 3. The third-order valence-electron chi connectivity index (χ3n) is 3.36. The minimum atomic E-state index is 0.0128. The molecule has 0 saturated heterocycles. The number of carbonyl (C=O) groups is 1. The predicted octanol–water partition coefficient (Wildman–Crippen LogP) is 2.44. The maximum atomic E-state index is 12.1. The van der Waals surface area contributed by atoms with E-state index in [9.17, 15) is 4.79 Å². The fourth-order valence-electron chi connectivity index (χ4n) is 2.14. The average molecular weight is 247 g/mol. The largest absolute Gasteiger partial charge is 0.382 e. The SMILES string of the molecule is CCC(CC)NC(=O)c1ccc2c(c1)NCCN2. The lowest BCUT2D eigenvalue weighted by molar-refractivity contribution is 0.0935. The van der Waals surface area contributed by atoms with Crippen molar-refractivity contribution in [2.45, 2.75) is 32.7 Å². The van der Waals surface area contributed by atoms with Gasteiger partial charge in [-0.1, -0.05) is 13.8 Å². The van der Waals surface area contributed by atoms with Gasteiger partial charge in [-0.05, 0) is 31.0 Å². The summed E-state index contributed by atoms with van der Waals surface area (Å²) in [6.45, 7) is 6.00. The van der Waals surface area contributed by atoms with Gasteiger partial charge in [0.05, 0.1) is 11.4 Å². The predicted molar refractivity (Wildman–Crippen MR) is 75.3 cm³/mol. The lowest BCUT2D eigenvalue weighted by Gasteiger charge is -2.21. The van der Waals surface area contributed by atoms with Crippen LogP contribution in [-0.2, 0) is 0 Å². The molecule has 3 N–H and O–H groups in total. The number of fused-ring (bicyclic) bond motifs is 1. The van der Waals surface area contributed by atoms with Crippen molar-refractivity contribution in [3.8, 4) is 0 Å². The summed E-state index contributed by atoms with van der Waals surface area (Å²) >= 11 is 0. The highest BCUT2D eigenvalue weighted by atomic mass is 16.1. The number of anilines is 2. The Balaban J connectivity index is 2.11. The maximum Gasteiger partial charge on any atom is 0.251 e. The standard InChI is InChI=1S/C14H21N3O/c1-3-11(4-2)17-14(18)10-5-6-12-13(9-10)16-8-7-15-12/h5-6,9,11,15-16H,3-4,7-8H2,1-2H3,(H,17,18). The van der Waals surface area contributed by atoms with E-state index in [2.05, 4.69) is 29.8 Å². The first-order valence-corrected chi connectivity index (χ1v) is 6.67. The van der Waals surface area contributed by atoms with Gasteiger partial charge in [0.1, 0.15) is 0 Å². The number of carbonyl (C=O) groups excluding carboxylic acids is 1. The molecule has 1 amide bonds. The van der Waals surface area contributed by atoms with Crippen LogP contribution in [0.3, 0.4) is 0 Å². The van der Waals surface area contributed by atoms with Gasteiger partial charge in [0.25, 0.3) is 5.91 Å². The van der Waals surface area contributed by atoms with Crippen LogP contribution in [0.15, 0.2) is 18.2 Å². The second kappa shape index (κ2) is 5.76. The van der Waals surface area contributed by atoms with Gasteiger partial charge in [-0.25, -0.2) is 0 Å². The second-order valence-electron chi connectivity index (χ2n) is 4.60. The molecule has 1 heterocycles. The van der Waals surface area contributed by atoms with Gasteiger partial charge >= 0.3 is 0 Å². The van der Waals surface area contributed by atoms with Crippen LogP contribution < -0.4 is 16.0 Å². The van der Waals surface area contributed by atoms with E-state index >= 15 is 0 Å². The molecule has 1 aliphatic heterocycles. The Labute approximate surface area is 108 Å². The van der Waals surface area contributed by atoms with Crippen LogP contribution in [0.2, 0.25) is 0 Å². The highest BCUT2D eigenvalue weighted by Crippen LogP contribution is 2.25. The first-order chi connectivity index (χ1) is 8.74. The summed E-state index contributed by atoms with van der Waals surface area (Å²) in [5.41, 5.74) is 2.80. The van der Waals surface area contributed by atoms with Gasteiger partial charge in [0.15, 0.2) is 0 Å². The Hall–Kier alpha value is -1.71. The molecule has 0 bridgehead atoms. The first-order valence-electron chi connectivity index (χ1n) is 6.67. The summed E-state index contributed by atoms with van der Waals surface area (Å²) in [6, 6.07) is 6.01. The van der Waals surface area contributed by atoms with Gasteiger partial charge in [-0.3, -0.25) is 4.79 Å². The molecule has 0 fully saturated rings. The second-order valence-corrected chi connectivity index (χ2v) is 4.60. The molecule has 0 aliphatic carbocycles. The van der Waals surface area contributed by atoms with Crippen LogP contribution in [0.25, 0.3) is 0 Å². The fourth-order valence-corrected chi connectivity index (χ4v) is 2.14. The summed E-state index contributed by atoms with van der Waals surface area (Å²) in [6.07, 6.45) is 1.93. The Morgan fingerprint density at radius 2 is 1.89 bits per heavy atom. The monoisotopic (exact) mass is 247 g/mol. The highest BCUT2D eigenvalue weighted by Gasteiger charge is 2.14. The number of rotatable bonds is 4. The van der Waals surface area contributed by atoms with Crippen molar-refractivity contribution in [3.05, 3.63) is 23.8 Å². The number of amides is 1. The molecule has 4 heteroatoms. The topological polar surface area (TPSA) is 53.2 Å². The molecule has 0 atom stereocenters. The molecule has 0 saturated carbocycles. The first kappa shape index (κ1) is 12.7. The number of benzene rings is 1. The lowest BCUT2D eigenvalue weighted by Crippen LogP contribution is -2.34. The van der Waals surface area contributed by atoms with Crippen molar-refractivity contribution >= 4 is 17.3 Å². The van der Waals surface area contributed by atoms with Gasteiger partial charge < -0.3 is 16.0 Å². The van der Waals surface area contributed by atoms with E-state index in [1.165, 1.54) is 0 Å². The molecule has 0 unspecified atom stereocenters. The van der Waals surface area contributed by atoms with Gasteiger partial charge in [-0.2, -0.15) is 0 Å². The van der Waals surface area contributed by atoms with Crippen LogP contribution in [0.1, 0.15) is 37.0 Å². The molecule has 1 aromatic carbocycles. The summed E-state index contributed by atoms with van der Waals surface area (Å²) in [4.78, 5) is 12.1. The van der Waals surface area contributed by atoms with Crippen LogP contribution >= 0.6 is 0 Å². The summed E-state index contributed by atoms with van der Waals surface area (Å²) < 4.78 is 0. The van der Waals surface area contributed by atoms with E-state index in [0.717, 1.165) is 42.9 Å². The maximum absolute atomic E-state index is 12.1. The van der Waals surface area contributed by atoms with Crippen molar-refractivity contribution in [2.75, 3.05) is 23.7 Å². The third kappa shape index (κ3) is 2.75. The summed E-state index contributed by atoms with van der Waals surface area (Å²) in [5, 5.41) is 9.65. The molecule has 2 rings (SSSR count). The molecular weight excluding hydrogens is 226 g/mol. The van der Waals surface area contributed by atoms with Crippen LogP contribution in [-0.4, -0.2) is 25.0 Å². The fraction of sp³-hybridized carbons (Fsp3) is 0.500. The molecule has 1 aromatic rings. The van der Waals surface area contributed by atoms with Crippen LogP contribution in [0, 0.1) is 0 Å². The molecule has 0 radical (unpaired) electrons. The van der Waals surface area contributed by atoms with Crippen molar-refractivity contribution in [2.24, 2.45) is 0 Å². The number of nitrogens with one attached hydrogen (secondary N) is 3. The summed E-state index contributed by atoms with van der Waals surface area (Å²) in [7, 11) is 0. The van der Waals surface area contributed by atoms with Crippen molar-refractivity contribution in [1.29, 1.82) is 0 Å². The van der Waals surface area contributed by atoms with Gasteiger partial charge in [0.2, 0.25) is 0 Å². The van der Waals surface area contributed by atoms with Crippen molar-refractivity contribution in [3.63, 3.8) is 0 Å². The Morgan fingerprint density at radius 3 is 2.56 bits per heavy atom. The average Bonchev–Trinajstić information content (AvgIpc) is 2.44. The lowest BCUT2D eigenvalue weighted by atomic mass is 10.1. The zero-order valence-corrected chi connectivity index (χ0v) is 11.0. The Morgan fingerprint density at radius 1 is 1.22 bits per heavy atom. The third-order valence-corrected chi connectivity index (χ3v) is 3.36. The van der Waals surface area contributed by atoms with E-state index in [4.69, 9.17) is 0 Å². The molecule has 0 aromatic heterocycles. The minimum Gasteiger partial charge on any atom is -0.382 e. The minimum absolute atomic E-state index is 0.0128. The molecular formula is C14H21N3O.